The molecule has 2 N–H and O–H groups in total. The predicted molar refractivity (Wildman–Crippen MR) is 69.7 cm³/mol. The van der Waals surface area contributed by atoms with Crippen molar-refractivity contribution < 1.29 is 33.0 Å². The molecule has 0 unspecified atom stereocenters. The molecule has 0 atom stereocenters. The molecule has 21 heavy (non-hydrogen) atoms. The number of amides is 1. The van der Waals surface area contributed by atoms with Gasteiger partial charge in [0.15, 0.2) is 0 Å². The molecule has 1 aromatic rings. The zero-order valence-electron chi connectivity index (χ0n) is 11.3. The molecule has 0 fully saturated rings. The first-order valence-corrected chi connectivity index (χ1v) is 6.07. The summed E-state index contributed by atoms with van der Waals surface area (Å²) in [5.41, 5.74) is 0.0370. The van der Waals surface area contributed by atoms with Crippen LogP contribution in [0.1, 0.15) is 19.3 Å². The number of carboxylic acids is 1. The maximum absolute atomic E-state index is 12.3. The van der Waals surface area contributed by atoms with Crippen LogP contribution in [0.25, 0.3) is 0 Å². The van der Waals surface area contributed by atoms with Crippen LogP contribution in [-0.4, -0.2) is 30.7 Å². The van der Waals surface area contributed by atoms with E-state index in [1.165, 1.54) is 25.3 Å². The number of aliphatic carboxylic acids is 1. The number of nitrogens with one attached hydrogen (secondary N) is 1. The fourth-order valence-corrected chi connectivity index (χ4v) is 1.55. The van der Waals surface area contributed by atoms with E-state index in [0.29, 0.717) is 5.75 Å². The highest BCUT2D eigenvalue weighted by Gasteiger charge is 2.13. The van der Waals surface area contributed by atoms with Gasteiger partial charge in [-0.15, -0.1) is 0 Å². The predicted octanol–water partition coefficient (Wildman–Crippen LogP) is 2.49. The largest absolute Gasteiger partial charge is 0.497 e. The molecular formula is C13H15F2NO5. The summed E-state index contributed by atoms with van der Waals surface area (Å²) in [5.74, 6) is -1.34. The average molecular weight is 303 g/mol. The molecule has 0 heterocycles. The van der Waals surface area contributed by atoms with Crippen LogP contribution in [0.15, 0.2) is 18.2 Å². The molecule has 1 rings (SSSR count). The van der Waals surface area contributed by atoms with Crippen molar-refractivity contribution in [3.8, 4) is 11.5 Å². The third kappa shape index (κ3) is 6.07. The van der Waals surface area contributed by atoms with Crippen LogP contribution in [0.4, 0.5) is 14.5 Å². The number of anilines is 1. The van der Waals surface area contributed by atoms with Gasteiger partial charge >= 0.3 is 12.6 Å². The molecule has 0 saturated carbocycles. The van der Waals surface area contributed by atoms with Gasteiger partial charge in [0, 0.05) is 18.9 Å². The summed E-state index contributed by atoms with van der Waals surface area (Å²) < 4.78 is 33.8. The second-order valence-corrected chi connectivity index (χ2v) is 4.04. The second kappa shape index (κ2) is 8.03. The lowest BCUT2D eigenvalue weighted by atomic mass is 10.2. The van der Waals surface area contributed by atoms with Crippen molar-refractivity contribution in [3.05, 3.63) is 18.2 Å². The minimum absolute atomic E-state index is 0.0370. The Kier molecular flexibility index (Phi) is 6.38. The number of ether oxygens (including phenoxy) is 2. The Morgan fingerprint density at radius 3 is 2.62 bits per heavy atom. The summed E-state index contributed by atoms with van der Waals surface area (Å²) in [4.78, 5) is 22.0. The molecule has 0 aliphatic rings. The van der Waals surface area contributed by atoms with Gasteiger partial charge in [0.1, 0.15) is 11.5 Å². The summed E-state index contributed by atoms with van der Waals surface area (Å²) in [6.45, 7) is -3.03. The molecule has 0 aromatic heterocycles. The number of hydrogen-bond donors (Lipinski definition) is 2. The summed E-state index contributed by atoms with van der Waals surface area (Å²) >= 11 is 0. The van der Waals surface area contributed by atoms with Crippen molar-refractivity contribution in [1.29, 1.82) is 0 Å². The van der Waals surface area contributed by atoms with Crippen LogP contribution in [0.2, 0.25) is 0 Å². The molecule has 0 saturated heterocycles. The Balaban J connectivity index is 2.74. The molecule has 8 heteroatoms. The molecular weight excluding hydrogens is 288 g/mol. The molecule has 0 bridgehead atoms. The number of alkyl halides is 2. The highest BCUT2D eigenvalue weighted by atomic mass is 19.3. The number of carboxylic acid groups (broad SMARTS) is 1. The van der Waals surface area contributed by atoms with Crippen molar-refractivity contribution in [3.63, 3.8) is 0 Å². The molecule has 1 aromatic carbocycles. The Hall–Kier alpha value is -2.38. The first-order valence-electron chi connectivity index (χ1n) is 6.07. The maximum Gasteiger partial charge on any atom is 0.387 e. The van der Waals surface area contributed by atoms with E-state index in [9.17, 15) is 18.4 Å². The van der Waals surface area contributed by atoms with Crippen molar-refractivity contribution in [1.82, 2.24) is 0 Å². The molecule has 116 valence electrons. The molecule has 0 aliphatic heterocycles. The van der Waals surface area contributed by atoms with Gasteiger partial charge in [-0.05, 0) is 18.6 Å². The van der Waals surface area contributed by atoms with Crippen LogP contribution in [-0.2, 0) is 9.59 Å². The van der Waals surface area contributed by atoms with Crippen molar-refractivity contribution in [2.75, 3.05) is 12.4 Å². The number of rotatable bonds is 8. The number of carbonyl (C=O) groups is 2. The van der Waals surface area contributed by atoms with Gasteiger partial charge in [-0.25, -0.2) is 0 Å². The van der Waals surface area contributed by atoms with E-state index in [4.69, 9.17) is 9.84 Å². The van der Waals surface area contributed by atoms with Crippen molar-refractivity contribution in [2.24, 2.45) is 0 Å². The van der Waals surface area contributed by atoms with Crippen molar-refractivity contribution in [2.45, 2.75) is 25.9 Å². The van der Waals surface area contributed by atoms with Gasteiger partial charge in [-0.2, -0.15) is 8.78 Å². The SMILES string of the molecule is COc1ccc(OC(F)F)c(NC(=O)CCCC(=O)O)c1. The number of carbonyl (C=O) groups excluding carboxylic acids is 1. The highest BCUT2D eigenvalue weighted by Crippen LogP contribution is 2.30. The summed E-state index contributed by atoms with van der Waals surface area (Å²) in [7, 11) is 1.39. The van der Waals surface area contributed by atoms with Crippen LogP contribution >= 0.6 is 0 Å². The van der Waals surface area contributed by atoms with Gasteiger partial charge in [0.2, 0.25) is 5.91 Å². The van der Waals surface area contributed by atoms with E-state index in [2.05, 4.69) is 10.1 Å². The third-order valence-corrected chi connectivity index (χ3v) is 2.47. The molecule has 6 nitrogen and oxygen atoms in total. The lowest BCUT2D eigenvalue weighted by Crippen LogP contribution is -2.14. The second-order valence-electron chi connectivity index (χ2n) is 4.04. The van der Waals surface area contributed by atoms with Gasteiger partial charge in [-0.3, -0.25) is 9.59 Å². The minimum atomic E-state index is -3.03. The van der Waals surface area contributed by atoms with Crippen molar-refractivity contribution >= 4 is 17.6 Å². The number of methoxy groups -OCH3 is 1. The molecule has 0 radical (unpaired) electrons. The maximum atomic E-state index is 12.3. The van der Waals surface area contributed by atoms with Gasteiger partial charge < -0.3 is 19.9 Å². The first-order chi connectivity index (χ1) is 9.92. The number of halogens is 2. The lowest BCUT2D eigenvalue weighted by Gasteiger charge is -2.13. The van der Waals surface area contributed by atoms with E-state index >= 15 is 0 Å². The first kappa shape index (κ1) is 16.7. The monoisotopic (exact) mass is 303 g/mol. The fraction of sp³-hybridized carbons (Fsp3) is 0.385. The summed E-state index contributed by atoms with van der Waals surface area (Å²) in [5, 5.41) is 10.9. The van der Waals surface area contributed by atoms with E-state index in [1.807, 2.05) is 0 Å². The molecule has 0 spiro atoms. The third-order valence-electron chi connectivity index (χ3n) is 2.47. The summed E-state index contributed by atoms with van der Waals surface area (Å²) in [6, 6.07) is 4.00. The van der Waals surface area contributed by atoms with E-state index in [-0.39, 0.29) is 30.7 Å². The van der Waals surface area contributed by atoms with E-state index in [0.717, 1.165) is 0 Å². The quantitative estimate of drug-likeness (QED) is 0.770. The molecule has 1 amide bonds. The highest BCUT2D eigenvalue weighted by molar-refractivity contribution is 5.92. The van der Waals surface area contributed by atoms with Crippen LogP contribution < -0.4 is 14.8 Å². The number of hydrogen-bond acceptors (Lipinski definition) is 4. The summed E-state index contributed by atoms with van der Waals surface area (Å²) in [6.07, 6.45) is -0.0419. The van der Waals surface area contributed by atoms with Gasteiger partial charge in [-0.1, -0.05) is 0 Å². The van der Waals surface area contributed by atoms with E-state index in [1.54, 1.807) is 0 Å². The Morgan fingerprint density at radius 2 is 2.05 bits per heavy atom. The Morgan fingerprint density at radius 1 is 1.33 bits per heavy atom. The standard InChI is InChI=1S/C13H15F2NO5/c1-20-8-5-6-10(21-13(14)15)9(7-8)16-11(17)3-2-4-12(18)19/h5-7,13H,2-4H2,1H3,(H,16,17)(H,18,19). The topological polar surface area (TPSA) is 84.9 Å². The van der Waals surface area contributed by atoms with Crippen LogP contribution in [0, 0.1) is 0 Å². The smallest absolute Gasteiger partial charge is 0.387 e. The molecule has 0 aliphatic carbocycles. The Bertz CT molecular complexity index is 507. The van der Waals surface area contributed by atoms with Gasteiger partial charge in [0.05, 0.1) is 12.8 Å². The normalized spacial score (nSPS) is 10.3. The minimum Gasteiger partial charge on any atom is -0.497 e. The Labute approximate surface area is 119 Å². The zero-order valence-corrected chi connectivity index (χ0v) is 11.3. The fourth-order valence-electron chi connectivity index (χ4n) is 1.55. The number of benzene rings is 1. The van der Waals surface area contributed by atoms with Gasteiger partial charge in [0.25, 0.3) is 0 Å². The zero-order chi connectivity index (χ0) is 15.8. The van der Waals surface area contributed by atoms with Crippen LogP contribution in [0.5, 0.6) is 11.5 Å². The van der Waals surface area contributed by atoms with E-state index < -0.39 is 18.5 Å². The van der Waals surface area contributed by atoms with Crippen LogP contribution in [0.3, 0.4) is 0 Å². The average Bonchev–Trinajstić information content (AvgIpc) is 2.39. The lowest BCUT2D eigenvalue weighted by molar-refractivity contribution is -0.137.